The molecule has 0 unspecified atom stereocenters. The first kappa shape index (κ1) is 25.1. The van der Waals surface area contributed by atoms with E-state index < -0.39 is 5.60 Å². The lowest BCUT2D eigenvalue weighted by molar-refractivity contribution is 0.0527. The lowest BCUT2D eigenvalue weighted by Gasteiger charge is -2.23. The molecule has 0 saturated carbocycles. The highest BCUT2D eigenvalue weighted by Gasteiger charge is 2.19. The fraction of sp³-hybridized carbons (Fsp3) is 0.556. The van der Waals surface area contributed by atoms with Crippen molar-refractivity contribution >= 4 is 17.1 Å². The molecule has 2 aromatic heterocycles. The van der Waals surface area contributed by atoms with E-state index in [0.717, 1.165) is 80.6 Å². The molecule has 0 spiro atoms. The third-order valence-electron chi connectivity index (χ3n) is 6.18. The molecule has 8 nitrogen and oxygen atoms in total. The van der Waals surface area contributed by atoms with E-state index in [1.54, 1.807) is 0 Å². The maximum Gasteiger partial charge on any atom is 0.407 e. The van der Waals surface area contributed by atoms with Crippen LogP contribution in [0, 0.1) is 0 Å². The van der Waals surface area contributed by atoms with E-state index in [0.29, 0.717) is 12.5 Å². The van der Waals surface area contributed by atoms with Crippen molar-refractivity contribution in [1.29, 1.82) is 0 Å². The Morgan fingerprint density at radius 2 is 1.94 bits per heavy atom. The molecule has 3 aromatic rings. The van der Waals surface area contributed by atoms with Gasteiger partial charge in [-0.15, -0.1) is 0 Å². The van der Waals surface area contributed by atoms with E-state index >= 15 is 0 Å². The fourth-order valence-corrected chi connectivity index (χ4v) is 4.41. The molecule has 1 amide bonds. The second-order valence-corrected chi connectivity index (χ2v) is 10.2. The molecule has 0 aliphatic carbocycles. The summed E-state index contributed by atoms with van der Waals surface area (Å²) in [5.74, 6) is 0.471. The van der Waals surface area contributed by atoms with Gasteiger partial charge in [0.25, 0.3) is 0 Å². The minimum atomic E-state index is -0.460. The zero-order valence-electron chi connectivity index (χ0n) is 21.1. The molecule has 0 bridgehead atoms. The SMILES string of the molecule is CC(C)(C)OC(=O)NCCCCCCn1cc(-c2cnc3cccc(C4CCOCC4)c3n2)cn1. The average Bonchev–Trinajstić information content (AvgIpc) is 3.31. The normalized spacial score (nSPS) is 14.8. The molecule has 3 heterocycles. The van der Waals surface area contributed by atoms with Crippen LogP contribution in [0.4, 0.5) is 4.79 Å². The standard InChI is InChI=1S/C27H37N5O3/c1-27(2,3)35-26(33)28-13-6-4-5-7-14-32-19-21(17-30-32)24-18-29-23-10-8-9-22(25(23)31-24)20-11-15-34-16-12-20/h8-10,17-20H,4-7,11-16H2,1-3H3,(H,28,33). The predicted octanol–water partition coefficient (Wildman–Crippen LogP) is 5.47. The van der Waals surface area contributed by atoms with Gasteiger partial charge in [-0.25, -0.2) is 9.78 Å². The quantitative estimate of drug-likeness (QED) is 0.409. The number of amides is 1. The van der Waals surface area contributed by atoms with Gasteiger partial charge in [-0.1, -0.05) is 25.0 Å². The van der Waals surface area contributed by atoms with Crippen LogP contribution in [-0.2, 0) is 16.0 Å². The van der Waals surface area contributed by atoms with Crippen LogP contribution in [-0.4, -0.2) is 51.2 Å². The van der Waals surface area contributed by atoms with Gasteiger partial charge in [0.1, 0.15) is 5.60 Å². The number of aromatic nitrogens is 4. The number of ether oxygens (including phenoxy) is 2. The number of hydrogen-bond acceptors (Lipinski definition) is 6. The first-order chi connectivity index (χ1) is 16.9. The molecule has 1 aromatic carbocycles. The molecule has 0 atom stereocenters. The van der Waals surface area contributed by atoms with E-state index in [-0.39, 0.29) is 6.09 Å². The Kier molecular flexibility index (Phi) is 8.33. The summed E-state index contributed by atoms with van der Waals surface area (Å²) >= 11 is 0. The number of rotatable bonds is 9. The van der Waals surface area contributed by atoms with Crippen LogP contribution in [0.25, 0.3) is 22.3 Å². The Morgan fingerprint density at radius 1 is 1.14 bits per heavy atom. The Balaban J connectivity index is 1.27. The minimum absolute atomic E-state index is 0.349. The summed E-state index contributed by atoms with van der Waals surface area (Å²) in [4.78, 5) is 21.4. The molecule has 1 N–H and O–H groups in total. The van der Waals surface area contributed by atoms with Gasteiger partial charge in [-0.3, -0.25) is 9.67 Å². The summed E-state index contributed by atoms with van der Waals surface area (Å²) in [7, 11) is 0. The van der Waals surface area contributed by atoms with Crippen LogP contribution in [0.15, 0.2) is 36.8 Å². The van der Waals surface area contributed by atoms with Gasteiger partial charge in [-0.2, -0.15) is 5.10 Å². The molecule has 1 fully saturated rings. The molecule has 35 heavy (non-hydrogen) atoms. The number of para-hydroxylation sites is 1. The lowest BCUT2D eigenvalue weighted by Crippen LogP contribution is -2.32. The summed E-state index contributed by atoms with van der Waals surface area (Å²) in [6.45, 7) is 8.70. The lowest BCUT2D eigenvalue weighted by atomic mass is 9.90. The average molecular weight is 480 g/mol. The molecule has 1 aliphatic heterocycles. The smallest absolute Gasteiger partial charge is 0.407 e. The number of nitrogens with zero attached hydrogens (tertiary/aromatic N) is 4. The second kappa shape index (κ2) is 11.6. The molecule has 1 saturated heterocycles. The summed E-state index contributed by atoms with van der Waals surface area (Å²) in [5.41, 5.74) is 4.59. The Labute approximate surface area is 207 Å². The molecule has 1 aliphatic rings. The van der Waals surface area contributed by atoms with Crippen molar-refractivity contribution < 1.29 is 14.3 Å². The summed E-state index contributed by atoms with van der Waals surface area (Å²) in [6.07, 6.45) is 11.6. The third kappa shape index (κ3) is 7.24. The maximum absolute atomic E-state index is 11.7. The van der Waals surface area contributed by atoms with E-state index in [4.69, 9.17) is 14.5 Å². The monoisotopic (exact) mass is 479 g/mol. The predicted molar refractivity (Wildman–Crippen MR) is 136 cm³/mol. The van der Waals surface area contributed by atoms with Gasteiger partial charge in [0.15, 0.2) is 0 Å². The number of alkyl carbamates (subject to hydrolysis) is 1. The van der Waals surface area contributed by atoms with Crippen LogP contribution >= 0.6 is 0 Å². The van der Waals surface area contributed by atoms with Crippen LogP contribution in [0.2, 0.25) is 0 Å². The number of carbonyl (C=O) groups excluding carboxylic acids is 1. The Hall–Kier alpha value is -3.00. The highest BCUT2D eigenvalue weighted by molar-refractivity contribution is 5.80. The van der Waals surface area contributed by atoms with Gasteiger partial charge in [0, 0.05) is 38.1 Å². The van der Waals surface area contributed by atoms with Crippen molar-refractivity contribution in [2.45, 2.75) is 77.4 Å². The number of aryl methyl sites for hydroxylation is 1. The zero-order chi connectivity index (χ0) is 24.7. The van der Waals surface area contributed by atoms with Crippen LogP contribution < -0.4 is 5.32 Å². The summed E-state index contributed by atoms with van der Waals surface area (Å²) in [6, 6.07) is 6.29. The van der Waals surface area contributed by atoms with Crippen LogP contribution in [0.1, 0.15) is 70.8 Å². The largest absolute Gasteiger partial charge is 0.444 e. The van der Waals surface area contributed by atoms with Gasteiger partial charge in [0.2, 0.25) is 0 Å². The van der Waals surface area contributed by atoms with Crippen molar-refractivity contribution in [1.82, 2.24) is 25.1 Å². The molecule has 188 valence electrons. The van der Waals surface area contributed by atoms with E-state index in [1.807, 2.05) is 43.9 Å². The Bertz CT molecular complexity index is 1120. The Morgan fingerprint density at radius 3 is 2.74 bits per heavy atom. The minimum Gasteiger partial charge on any atom is -0.444 e. The van der Waals surface area contributed by atoms with Crippen molar-refractivity contribution in [3.63, 3.8) is 0 Å². The molecular formula is C27H37N5O3. The molecule has 8 heteroatoms. The summed E-state index contributed by atoms with van der Waals surface area (Å²) < 4.78 is 12.8. The third-order valence-corrected chi connectivity index (χ3v) is 6.18. The fourth-order valence-electron chi connectivity index (χ4n) is 4.41. The highest BCUT2D eigenvalue weighted by atomic mass is 16.6. The molecular weight excluding hydrogens is 442 g/mol. The number of carbonyl (C=O) groups is 1. The number of fused-ring (bicyclic) bond motifs is 1. The molecule has 4 rings (SSSR count). The topological polar surface area (TPSA) is 91.2 Å². The van der Waals surface area contributed by atoms with E-state index in [2.05, 4.69) is 33.7 Å². The van der Waals surface area contributed by atoms with Gasteiger partial charge in [0.05, 0.1) is 29.1 Å². The number of nitrogens with one attached hydrogen (secondary N) is 1. The van der Waals surface area contributed by atoms with Gasteiger partial charge >= 0.3 is 6.09 Å². The zero-order valence-corrected chi connectivity index (χ0v) is 21.1. The van der Waals surface area contributed by atoms with Gasteiger partial charge in [-0.05, 0) is 64.0 Å². The van der Waals surface area contributed by atoms with Gasteiger partial charge < -0.3 is 14.8 Å². The number of benzene rings is 1. The maximum atomic E-state index is 11.7. The van der Waals surface area contributed by atoms with Crippen molar-refractivity contribution in [2.75, 3.05) is 19.8 Å². The van der Waals surface area contributed by atoms with Crippen molar-refractivity contribution in [3.05, 3.63) is 42.4 Å². The van der Waals surface area contributed by atoms with Crippen molar-refractivity contribution in [2.24, 2.45) is 0 Å². The molecule has 0 radical (unpaired) electrons. The number of hydrogen-bond donors (Lipinski definition) is 1. The summed E-state index contributed by atoms with van der Waals surface area (Å²) in [5, 5.41) is 7.34. The highest BCUT2D eigenvalue weighted by Crippen LogP contribution is 2.32. The second-order valence-electron chi connectivity index (χ2n) is 10.2. The van der Waals surface area contributed by atoms with Crippen LogP contribution in [0.5, 0.6) is 0 Å². The van der Waals surface area contributed by atoms with E-state index in [9.17, 15) is 4.79 Å². The van der Waals surface area contributed by atoms with E-state index in [1.165, 1.54) is 5.56 Å². The van der Waals surface area contributed by atoms with Crippen molar-refractivity contribution in [3.8, 4) is 11.3 Å². The first-order valence-electron chi connectivity index (χ1n) is 12.7. The van der Waals surface area contributed by atoms with Crippen LogP contribution in [0.3, 0.4) is 0 Å². The first-order valence-corrected chi connectivity index (χ1v) is 12.7. The number of unbranched alkanes of at least 4 members (excludes halogenated alkanes) is 3.